The molecule has 0 fully saturated rings. The van der Waals surface area contributed by atoms with Crippen molar-refractivity contribution in [1.29, 1.82) is 0 Å². The number of nitrogens with one attached hydrogen (secondary N) is 1. The minimum absolute atomic E-state index is 0.306. The molecule has 15 heavy (non-hydrogen) atoms. The van der Waals surface area contributed by atoms with Crippen LogP contribution in [0.1, 0.15) is 30.0 Å². The van der Waals surface area contributed by atoms with Gasteiger partial charge in [0.05, 0.1) is 6.61 Å². The molecule has 0 bridgehead atoms. The van der Waals surface area contributed by atoms with Crippen molar-refractivity contribution in [2.24, 2.45) is 5.92 Å². The molecule has 0 aromatic carbocycles. The lowest BCUT2D eigenvalue weighted by Crippen LogP contribution is -2.26. The summed E-state index contributed by atoms with van der Waals surface area (Å²) in [6, 6.07) is 5.28. The molecule has 0 aliphatic heterocycles. The van der Waals surface area contributed by atoms with Crippen LogP contribution in [0.2, 0.25) is 0 Å². The maximum atomic E-state index is 11.5. The normalized spacial score (nSPS) is 10.4. The van der Waals surface area contributed by atoms with Crippen LogP contribution in [0.4, 0.5) is 0 Å². The topological polar surface area (TPSA) is 51.2 Å². The first-order chi connectivity index (χ1) is 7.09. The Kier molecular flexibility index (Phi) is 4.24. The highest BCUT2D eigenvalue weighted by molar-refractivity contribution is 5.91. The fourth-order valence-corrected chi connectivity index (χ4v) is 0.996. The Balaban J connectivity index is 2.47. The predicted octanol–water partition coefficient (Wildman–Crippen LogP) is 1.71. The molecule has 0 spiro atoms. The number of aromatic nitrogens is 1. The van der Waals surface area contributed by atoms with Gasteiger partial charge in [0, 0.05) is 5.69 Å². The van der Waals surface area contributed by atoms with E-state index in [1.165, 1.54) is 0 Å². The maximum Gasteiger partial charge on any atom is 0.293 e. The van der Waals surface area contributed by atoms with Gasteiger partial charge in [-0.15, -0.1) is 0 Å². The summed E-state index contributed by atoms with van der Waals surface area (Å²) in [5, 5.41) is 0. The number of carbonyl (C=O) groups excluding carboxylic acids is 1. The summed E-state index contributed by atoms with van der Waals surface area (Å²) in [6.45, 7) is 6.36. The molecule has 1 aromatic heterocycles. The van der Waals surface area contributed by atoms with E-state index in [1.54, 1.807) is 12.1 Å². The van der Waals surface area contributed by atoms with E-state index < -0.39 is 0 Å². The van der Waals surface area contributed by atoms with Gasteiger partial charge in [0.25, 0.3) is 5.91 Å². The van der Waals surface area contributed by atoms with Crippen molar-refractivity contribution in [2.75, 3.05) is 6.61 Å². The van der Waals surface area contributed by atoms with Crippen LogP contribution in [0.25, 0.3) is 0 Å². The van der Waals surface area contributed by atoms with Crippen LogP contribution in [-0.2, 0) is 4.84 Å². The minimum atomic E-state index is -0.306. The number of pyridine rings is 1. The number of carbonyl (C=O) groups is 1. The summed E-state index contributed by atoms with van der Waals surface area (Å²) in [4.78, 5) is 20.6. The van der Waals surface area contributed by atoms with E-state index in [4.69, 9.17) is 4.84 Å². The second kappa shape index (κ2) is 5.46. The van der Waals surface area contributed by atoms with Gasteiger partial charge in [0.1, 0.15) is 5.69 Å². The quantitative estimate of drug-likeness (QED) is 0.766. The van der Waals surface area contributed by atoms with Gasteiger partial charge in [-0.2, -0.15) is 0 Å². The van der Waals surface area contributed by atoms with Gasteiger partial charge in [-0.1, -0.05) is 19.9 Å². The van der Waals surface area contributed by atoms with E-state index in [-0.39, 0.29) is 5.91 Å². The molecule has 1 N–H and O–H groups in total. The summed E-state index contributed by atoms with van der Waals surface area (Å²) >= 11 is 0. The van der Waals surface area contributed by atoms with E-state index >= 15 is 0 Å². The molecular formula is C11H16N2O2. The van der Waals surface area contributed by atoms with Gasteiger partial charge in [-0.3, -0.25) is 9.63 Å². The summed E-state index contributed by atoms with van der Waals surface area (Å²) in [6.07, 6.45) is 0. The van der Waals surface area contributed by atoms with E-state index in [2.05, 4.69) is 10.5 Å². The lowest BCUT2D eigenvalue weighted by molar-refractivity contribution is 0.0204. The highest BCUT2D eigenvalue weighted by Crippen LogP contribution is 1.98. The van der Waals surface area contributed by atoms with Crippen LogP contribution < -0.4 is 5.48 Å². The van der Waals surface area contributed by atoms with Crippen molar-refractivity contribution in [2.45, 2.75) is 20.8 Å². The van der Waals surface area contributed by atoms with Gasteiger partial charge in [-0.05, 0) is 25.0 Å². The van der Waals surface area contributed by atoms with Crippen LogP contribution in [-0.4, -0.2) is 17.5 Å². The Morgan fingerprint density at radius 3 is 2.87 bits per heavy atom. The molecule has 0 radical (unpaired) electrons. The summed E-state index contributed by atoms with van der Waals surface area (Å²) in [5.74, 6) is 0.0788. The fourth-order valence-electron chi connectivity index (χ4n) is 0.996. The van der Waals surface area contributed by atoms with E-state index in [0.717, 1.165) is 5.69 Å². The third kappa shape index (κ3) is 4.08. The molecule has 1 amide bonds. The lowest BCUT2D eigenvalue weighted by atomic mass is 10.2. The highest BCUT2D eigenvalue weighted by atomic mass is 16.6. The molecule has 4 heteroatoms. The Morgan fingerprint density at radius 2 is 2.27 bits per heavy atom. The maximum absolute atomic E-state index is 11.5. The summed E-state index contributed by atoms with van der Waals surface area (Å²) < 4.78 is 0. The zero-order chi connectivity index (χ0) is 11.3. The molecule has 0 aliphatic rings. The predicted molar refractivity (Wildman–Crippen MR) is 57.2 cm³/mol. The van der Waals surface area contributed by atoms with Crippen molar-refractivity contribution in [3.8, 4) is 0 Å². The van der Waals surface area contributed by atoms with Crippen LogP contribution in [0.15, 0.2) is 18.2 Å². The summed E-state index contributed by atoms with van der Waals surface area (Å²) in [7, 11) is 0. The molecule has 0 aliphatic carbocycles. The minimum Gasteiger partial charge on any atom is -0.273 e. The Labute approximate surface area is 89.6 Å². The van der Waals surface area contributed by atoms with E-state index in [0.29, 0.717) is 18.2 Å². The first-order valence-electron chi connectivity index (χ1n) is 4.95. The van der Waals surface area contributed by atoms with Crippen molar-refractivity contribution < 1.29 is 9.63 Å². The van der Waals surface area contributed by atoms with Crippen molar-refractivity contribution >= 4 is 5.91 Å². The van der Waals surface area contributed by atoms with Crippen LogP contribution in [0.5, 0.6) is 0 Å². The molecule has 0 saturated carbocycles. The standard InChI is InChI=1S/C11H16N2O2/c1-8(2)7-15-13-11(14)10-6-4-5-9(3)12-10/h4-6,8H,7H2,1-3H3,(H,13,14). The smallest absolute Gasteiger partial charge is 0.273 e. The number of hydroxylamine groups is 1. The van der Waals surface area contributed by atoms with Crippen LogP contribution in [0, 0.1) is 12.8 Å². The lowest BCUT2D eigenvalue weighted by Gasteiger charge is -2.07. The molecule has 1 aromatic rings. The fraction of sp³-hybridized carbons (Fsp3) is 0.455. The van der Waals surface area contributed by atoms with Crippen LogP contribution in [0.3, 0.4) is 0 Å². The molecular weight excluding hydrogens is 192 g/mol. The number of hydrogen-bond acceptors (Lipinski definition) is 3. The zero-order valence-electron chi connectivity index (χ0n) is 9.28. The molecule has 1 heterocycles. The molecule has 0 unspecified atom stereocenters. The van der Waals surface area contributed by atoms with Crippen LogP contribution >= 0.6 is 0 Å². The number of aryl methyl sites for hydroxylation is 1. The monoisotopic (exact) mass is 208 g/mol. The van der Waals surface area contributed by atoms with Crippen molar-refractivity contribution in [1.82, 2.24) is 10.5 Å². The highest BCUT2D eigenvalue weighted by Gasteiger charge is 2.06. The molecule has 0 saturated heterocycles. The third-order valence-electron chi connectivity index (χ3n) is 1.70. The first kappa shape index (κ1) is 11.7. The average molecular weight is 208 g/mol. The van der Waals surface area contributed by atoms with Gasteiger partial charge in [0.15, 0.2) is 0 Å². The summed E-state index contributed by atoms with van der Waals surface area (Å²) in [5.41, 5.74) is 3.54. The Morgan fingerprint density at radius 1 is 1.53 bits per heavy atom. The second-order valence-electron chi connectivity index (χ2n) is 3.80. The number of hydrogen-bond donors (Lipinski definition) is 1. The molecule has 0 atom stereocenters. The second-order valence-corrected chi connectivity index (χ2v) is 3.80. The third-order valence-corrected chi connectivity index (χ3v) is 1.70. The number of amides is 1. The number of nitrogens with zero attached hydrogens (tertiary/aromatic N) is 1. The van der Waals surface area contributed by atoms with Gasteiger partial charge in [0.2, 0.25) is 0 Å². The zero-order valence-corrected chi connectivity index (χ0v) is 9.28. The Hall–Kier alpha value is -1.42. The molecule has 4 nitrogen and oxygen atoms in total. The van der Waals surface area contributed by atoms with E-state index in [9.17, 15) is 4.79 Å². The first-order valence-corrected chi connectivity index (χ1v) is 4.95. The van der Waals surface area contributed by atoms with E-state index in [1.807, 2.05) is 26.8 Å². The van der Waals surface area contributed by atoms with Gasteiger partial charge >= 0.3 is 0 Å². The largest absolute Gasteiger partial charge is 0.293 e. The van der Waals surface area contributed by atoms with Crippen molar-refractivity contribution in [3.05, 3.63) is 29.6 Å². The van der Waals surface area contributed by atoms with Gasteiger partial charge in [-0.25, -0.2) is 10.5 Å². The molecule has 82 valence electrons. The SMILES string of the molecule is Cc1cccc(C(=O)NOCC(C)C)n1. The van der Waals surface area contributed by atoms with Crippen molar-refractivity contribution in [3.63, 3.8) is 0 Å². The Bertz CT molecular complexity index is 337. The average Bonchev–Trinajstić information content (AvgIpc) is 2.17. The van der Waals surface area contributed by atoms with Gasteiger partial charge < -0.3 is 0 Å². The molecule has 1 rings (SSSR count). The number of rotatable bonds is 4.